The number of esters is 1. The number of aromatic nitrogens is 2. The normalized spacial score (nSPS) is 23.2. The fourth-order valence-corrected chi connectivity index (χ4v) is 4.50. The highest BCUT2D eigenvalue weighted by Gasteiger charge is 2.36. The Labute approximate surface area is 175 Å². The number of hydrogen-bond donors (Lipinski definition) is 1. The van der Waals surface area contributed by atoms with Crippen LogP contribution in [0.15, 0.2) is 58.3 Å². The largest absolute Gasteiger partial charge is 0.463 e. The Bertz CT molecular complexity index is 1110. The molecule has 0 radical (unpaired) electrons. The third kappa shape index (κ3) is 3.96. The second-order valence-corrected chi connectivity index (χ2v) is 7.83. The van der Waals surface area contributed by atoms with Gasteiger partial charge in [0.05, 0.1) is 11.3 Å². The first-order chi connectivity index (χ1) is 14.4. The van der Waals surface area contributed by atoms with E-state index in [1.807, 2.05) is 18.2 Å². The smallest absolute Gasteiger partial charge is 0.330 e. The van der Waals surface area contributed by atoms with Gasteiger partial charge in [0.1, 0.15) is 18.1 Å². The molecule has 0 spiro atoms. The molecule has 1 saturated heterocycles. The molecule has 0 aliphatic carbocycles. The number of nitrogens with one attached hydrogen (secondary N) is 1. The minimum atomic E-state index is -0.763. The van der Waals surface area contributed by atoms with Gasteiger partial charge in [-0.15, -0.1) is 11.8 Å². The number of aromatic amines is 1. The van der Waals surface area contributed by atoms with Gasteiger partial charge in [0.2, 0.25) is 5.91 Å². The van der Waals surface area contributed by atoms with Crippen LogP contribution >= 0.6 is 11.8 Å². The summed E-state index contributed by atoms with van der Waals surface area (Å²) >= 11 is 1.31. The van der Waals surface area contributed by atoms with Gasteiger partial charge in [0, 0.05) is 18.8 Å². The van der Waals surface area contributed by atoms with Crippen LogP contribution in [0.1, 0.15) is 24.1 Å². The zero-order valence-electron chi connectivity index (χ0n) is 16.0. The summed E-state index contributed by atoms with van der Waals surface area (Å²) in [6.07, 6.45) is 3.51. The molecule has 1 unspecified atom stereocenters. The van der Waals surface area contributed by atoms with Gasteiger partial charge in [-0.3, -0.25) is 28.8 Å². The molecule has 0 saturated carbocycles. The van der Waals surface area contributed by atoms with E-state index in [4.69, 9.17) is 9.47 Å². The Morgan fingerprint density at radius 2 is 2.00 bits per heavy atom. The average Bonchev–Trinajstić information content (AvgIpc) is 3.34. The van der Waals surface area contributed by atoms with Crippen LogP contribution in [0, 0.1) is 0 Å². The van der Waals surface area contributed by atoms with Crippen LogP contribution in [0.25, 0.3) is 0 Å². The third-order valence-corrected chi connectivity index (χ3v) is 5.89. The number of H-pyrrole nitrogens is 1. The maximum Gasteiger partial charge on any atom is 0.330 e. The van der Waals surface area contributed by atoms with Crippen molar-refractivity contribution in [2.24, 2.45) is 0 Å². The van der Waals surface area contributed by atoms with Crippen molar-refractivity contribution in [3.05, 3.63) is 75.1 Å². The maximum atomic E-state index is 12.6. The van der Waals surface area contributed by atoms with Crippen molar-refractivity contribution < 1.29 is 19.1 Å². The molecule has 1 fully saturated rings. The maximum absolute atomic E-state index is 12.6. The minimum absolute atomic E-state index is 0.0298. The lowest BCUT2D eigenvalue weighted by Gasteiger charge is -2.24. The molecule has 1 N–H and O–H groups in total. The summed E-state index contributed by atoms with van der Waals surface area (Å²) in [6.45, 7) is 1.33. The van der Waals surface area contributed by atoms with Crippen LogP contribution in [0.3, 0.4) is 0 Å². The number of carbonyl (C=O) groups excluding carboxylic acids is 2. The van der Waals surface area contributed by atoms with Crippen LogP contribution < -0.4 is 16.1 Å². The van der Waals surface area contributed by atoms with Crippen LogP contribution in [0.5, 0.6) is 0 Å². The van der Waals surface area contributed by atoms with Gasteiger partial charge in [0.25, 0.3) is 5.56 Å². The van der Waals surface area contributed by atoms with Gasteiger partial charge in [-0.1, -0.05) is 24.3 Å². The summed E-state index contributed by atoms with van der Waals surface area (Å²) in [7, 11) is 0. The lowest BCUT2D eigenvalue weighted by Crippen LogP contribution is -2.37. The molecule has 4 rings (SSSR count). The van der Waals surface area contributed by atoms with E-state index in [2.05, 4.69) is 4.98 Å². The number of nitrogens with zero attached hydrogens (tertiary/aromatic N) is 2. The van der Waals surface area contributed by atoms with E-state index in [1.54, 1.807) is 29.2 Å². The van der Waals surface area contributed by atoms with Crippen molar-refractivity contribution in [1.29, 1.82) is 0 Å². The van der Waals surface area contributed by atoms with Gasteiger partial charge in [0.15, 0.2) is 6.23 Å². The lowest BCUT2D eigenvalue weighted by molar-refractivity contribution is -0.145. The minimum Gasteiger partial charge on any atom is -0.463 e. The summed E-state index contributed by atoms with van der Waals surface area (Å²) < 4.78 is 11.9. The summed E-state index contributed by atoms with van der Waals surface area (Å²) in [5.74, 6) is -0.322. The Kier molecular flexibility index (Phi) is 5.60. The van der Waals surface area contributed by atoms with Crippen molar-refractivity contribution in [3.8, 4) is 0 Å². The highest BCUT2D eigenvalue weighted by atomic mass is 32.2. The van der Waals surface area contributed by atoms with Gasteiger partial charge in [-0.2, -0.15) is 0 Å². The number of para-hydroxylation sites is 1. The Morgan fingerprint density at radius 1 is 1.23 bits per heavy atom. The van der Waals surface area contributed by atoms with Crippen molar-refractivity contribution in [2.75, 3.05) is 17.3 Å². The molecular weight excluding hydrogens is 410 g/mol. The highest BCUT2D eigenvalue weighted by molar-refractivity contribution is 8.00. The van der Waals surface area contributed by atoms with Gasteiger partial charge in [-0.25, -0.2) is 4.79 Å². The molecule has 0 bridgehead atoms. The molecule has 3 atom stereocenters. The molecule has 3 heterocycles. The molecule has 1 amide bonds. The Morgan fingerprint density at radius 3 is 2.73 bits per heavy atom. The molecule has 1 aromatic heterocycles. The fourth-order valence-electron chi connectivity index (χ4n) is 3.33. The van der Waals surface area contributed by atoms with Crippen molar-refractivity contribution in [3.63, 3.8) is 0 Å². The van der Waals surface area contributed by atoms with E-state index in [-0.39, 0.29) is 23.8 Å². The summed E-state index contributed by atoms with van der Waals surface area (Å²) in [5, 5.41) is -0.572. The fraction of sp³-hybridized carbons (Fsp3) is 0.300. The van der Waals surface area contributed by atoms with Crippen molar-refractivity contribution in [1.82, 2.24) is 9.55 Å². The molecule has 2 aliphatic rings. The van der Waals surface area contributed by atoms with Gasteiger partial charge in [-0.05, 0) is 18.2 Å². The van der Waals surface area contributed by atoms with Crippen molar-refractivity contribution in [2.45, 2.75) is 24.6 Å². The van der Waals surface area contributed by atoms with E-state index in [0.717, 1.165) is 0 Å². The van der Waals surface area contributed by atoms with Crippen LogP contribution in [-0.2, 0) is 19.1 Å². The predicted molar refractivity (Wildman–Crippen MR) is 110 cm³/mol. The van der Waals surface area contributed by atoms with E-state index < -0.39 is 34.9 Å². The number of thioether (sulfide) groups is 1. The first kappa shape index (κ1) is 20.2. The second kappa shape index (κ2) is 8.33. The van der Waals surface area contributed by atoms with E-state index in [0.29, 0.717) is 5.69 Å². The standard InChI is InChI=1S/C20H19N3O6S/c1-12(24)28-10-14-7-8-17(29-14)22-9-15(18(26)21-20(22)27)19-23(16(25)11-30-19)13-5-3-2-4-6-13/h2-9,14,17,19H,10-11H2,1H3,(H,21,26,27)/t14-,17+,19?/m0/s1. The van der Waals surface area contributed by atoms with E-state index in [1.165, 1.54) is 29.4 Å². The number of benzene rings is 1. The first-order valence-electron chi connectivity index (χ1n) is 9.25. The predicted octanol–water partition coefficient (Wildman–Crippen LogP) is 1.33. The summed E-state index contributed by atoms with van der Waals surface area (Å²) in [4.78, 5) is 52.3. The topological polar surface area (TPSA) is 111 Å². The number of anilines is 1. The van der Waals surface area contributed by atoms with Gasteiger partial charge < -0.3 is 9.47 Å². The monoisotopic (exact) mass is 429 g/mol. The number of hydrogen-bond acceptors (Lipinski definition) is 7. The first-order valence-corrected chi connectivity index (χ1v) is 10.3. The molecule has 10 heteroatoms. The average molecular weight is 429 g/mol. The number of ether oxygens (including phenoxy) is 2. The quantitative estimate of drug-likeness (QED) is 0.564. The highest BCUT2D eigenvalue weighted by Crippen LogP contribution is 2.40. The van der Waals surface area contributed by atoms with Crippen LogP contribution in [-0.4, -0.2) is 39.9 Å². The lowest BCUT2D eigenvalue weighted by atomic mass is 10.2. The molecule has 156 valence electrons. The molecule has 1 aromatic carbocycles. The third-order valence-electron chi connectivity index (χ3n) is 4.69. The SMILES string of the molecule is CC(=O)OC[C@@H]1C=C[C@H](n2cc(C3SCC(=O)N3c3ccccc3)c(=O)[nH]c2=O)O1. The Hall–Kier alpha value is -3.11. The summed E-state index contributed by atoms with van der Waals surface area (Å²) in [6, 6.07) is 9.06. The van der Waals surface area contributed by atoms with E-state index >= 15 is 0 Å². The second-order valence-electron chi connectivity index (χ2n) is 6.77. The zero-order chi connectivity index (χ0) is 21.3. The number of carbonyl (C=O) groups is 2. The Balaban J connectivity index is 1.64. The number of amides is 1. The molecule has 2 aliphatic heterocycles. The zero-order valence-corrected chi connectivity index (χ0v) is 16.8. The van der Waals surface area contributed by atoms with Crippen LogP contribution in [0.4, 0.5) is 5.69 Å². The van der Waals surface area contributed by atoms with Crippen molar-refractivity contribution >= 4 is 29.3 Å². The molecule has 2 aromatic rings. The number of rotatable bonds is 5. The van der Waals surface area contributed by atoms with Gasteiger partial charge >= 0.3 is 11.7 Å². The summed E-state index contributed by atoms with van der Waals surface area (Å²) in [5.41, 5.74) is -0.238. The molecule has 9 nitrogen and oxygen atoms in total. The van der Waals surface area contributed by atoms with Crippen LogP contribution in [0.2, 0.25) is 0 Å². The molecular formula is C20H19N3O6S. The van der Waals surface area contributed by atoms with E-state index in [9.17, 15) is 19.2 Å². The molecule has 30 heavy (non-hydrogen) atoms.